The topological polar surface area (TPSA) is 42.3 Å². The van der Waals surface area contributed by atoms with Crippen LogP contribution in [0.15, 0.2) is 66.7 Å². The molecule has 0 saturated heterocycles. The minimum absolute atomic E-state index is 0.600. The summed E-state index contributed by atoms with van der Waals surface area (Å²) >= 11 is 0. The molecular weight excluding hydrogens is 456 g/mol. The largest absolute Gasteiger partial charge is 0.494 e. The third kappa shape index (κ3) is 4.48. The van der Waals surface area contributed by atoms with Crippen molar-refractivity contribution in [3.63, 3.8) is 0 Å². The van der Waals surface area contributed by atoms with E-state index in [1.165, 1.54) is 59.4 Å². The molecule has 0 bridgehead atoms. The molecule has 1 fully saturated rings. The Balaban J connectivity index is 1.45. The van der Waals surface area contributed by atoms with Crippen LogP contribution in [0.4, 0.5) is 11.4 Å². The van der Waals surface area contributed by atoms with Gasteiger partial charge in [-0.05, 0) is 62.1 Å². The van der Waals surface area contributed by atoms with Gasteiger partial charge in [0, 0.05) is 48.1 Å². The van der Waals surface area contributed by atoms with Crippen molar-refractivity contribution in [1.82, 2.24) is 9.78 Å². The smallest absolute Gasteiger partial charge is 0.144 e. The molecule has 4 aromatic rings. The van der Waals surface area contributed by atoms with Crippen molar-refractivity contribution in [2.24, 2.45) is 0 Å². The molecule has 0 atom stereocenters. The summed E-state index contributed by atoms with van der Waals surface area (Å²) in [7, 11) is 1.74. The summed E-state index contributed by atoms with van der Waals surface area (Å²) in [6, 6.07) is 24.5. The number of nitrogens with zero attached hydrogens (tertiary/aromatic N) is 3. The average molecular weight is 493 g/mol. The van der Waals surface area contributed by atoms with Crippen LogP contribution in [-0.2, 0) is 13.0 Å². The molecule has 0 amide bonds. The number of para-hydroxylation sites is 2. The number of aryl methyl sites for hydroxylation is 2. The lowest BCUT2D eigenvalue weighted by atomic mass is 9.99. The van der Waals surface area contributed by atoms with Crippen LogP contribution in [-0.4, -0.2) is 29.5 Å². The zero-order chi connectivity index (χ0) is 25.4. The number of anilines is 2. The first-order valence-corrected chi connectivity index (χ1v) is 13.5. The first kappa shape index (κ1) is 23.7. The molecule has 2 heterocycles. The van der Waals surface area contributed by atoms with E-state index in [0.717, 1.165) is 42.2 Å². The van der Waals surface area contributed by atoms with Crippen molar-refractivity contribution in [1.29, 1.82) is 0 Å². The number of hydrogen-bond donors (Lipinski definition) is 1. The number of hydrogen-bond acceptors (Lipinski definition) is 4. The molecule has 3 aromatic carbocycles. The van der Waals surface area contributed by atoms with Crippen LogP contribution in [0.3, 0.4) is 0 Å². The van der Waals surface area contributed by atoms with E-state index in [1.54, 1.807) is 7.11 Å². The zero-order valence-electron chi connectivity index (χ0n) is 22.1. The first-order chi connectivity index (χ1) is 18.1. The maximum Gasteiger partial charge on any atom is 0.144 e. The van der Waals surface area contributed by atoms with Crippen LogP contribution >= 0.6 is 0 Å². The summed E-state index contributed by atoms with van der Waals surface area (Å²) in [5.41, 5.74) is 10.8. The van der Waals surface area contributed by atoms with Gasteiger partial charge in [0.05, 0.1) is 18.5 Å². The normalized spacial score (nSPS) is 15.6. The Morgan fingerprint density at radius 2 is 1.65 bits per heavy atom. The van der Waals surface area contributed by atoms with Crippen LogP contribution in [0.5, 0.6) is 5.75 Å². The zero-order valence-corrected chi connectivity index (χ0v) is 22.1. The number of benzene rings is 3. The number of ether oxygens (including phenoxy) is 1. The van der Waals surface area contributed by atoms with Crippen LogP contribution in [0.25, 0.3) is 16.9 Å². The van der Waals surface area contributed by atoms with Gasteiger partial charge in [-0.25, -0.2) is 4.68 Å². The Morgan fingerprint density at radius 1 is 0.892 bits per heavy atom. The quantitative estimate of drug-likeness (QED) is 0.312. The average Bonchev–Trinajstić information content (AvgIpc) is 3.56. The van der Waals surface area contributed by atoms with Crippen molar-refractivity contribution in [2.45, 2.75) is 58.5 Å². The van der Waals surface area contributed by atoms with Gasteiger partial charge in [-0.2, -0.15) is 5.10 Å². The van der Waals surface area contributed by atoms with Crippen LogP contribution < -0.4 is 15.0 Å². The van der Waals surface area contributed by atoms with Crippen LogP contribution in [0.2, 0.25) is 0 Å². The predicted octanol–water partition coefficient (Wildman–Crippen LogP) is 7.08. The second-order valence-electron chi connectivity index (χ2n) is 10.5. The minimum atomic E-state index is 0.600. The Bertz CT molecular complexity index is 1400. The van der Waals surface area contributed by atoms with E-state index in [0.29, 0.717) is 6.04 Å². The lowest BCUT2D eigenvalue weighted by Gasteiger charge is -2.30. The third-order valence-corrected chi connectivity index (χ3v) is 8.01. The number of methoxy groups -OCH3 is 1. The molecule has 0 radical (unpaired) electrons. The van der Waals surface area contributed by atoms with E-state index in [-0.39, 0.29) is 0 Å². The molecule has 1 aromatic heterocycles. The Morgan fingerprint density at radius 3 is 2.41 bits per heavy atom. The SMILES string of the molecule is COc1cccc(C)c1-n1nc2c(c1-c1ccc(NC3CCCC3)cc1)CN(c1ccccc1C)CC2. The maximum atomic E-state index is 5.82. The van der Waals surface area contributed by atoms with Gasteiger partial charge in [-0.15, -0.1) is 0 Å². The van der Waals surface area contributed by atoms with Gasteiger partial charge in [0.1, 0.15) is 11.4 Å². The summed E-state index contributed by atoms with van der Waals surface area (Å²) < 4.78 is 7.96. The molecule has 1 saturated carbocycles. The number of nitrogens with one attached hydrogen (secondary N) is 1. The number of rotatable bonds is 6. The highest BCUT2D eigenvalue weighted by Crippen LogP contribution is 2.38. The van der Waals surface area contributed by atoms with E-state index in [1.807, 2.05) is 12.1 Å². The second-order valence-corrected chi connectivity index (χ2v) is 10.5. The Kier molecular flexibility index (Phi) is 6.37. The molecule has 1 N–H and O–H groups in total. The predicted molar refractivity (Wildman–Crippen MR) is 152 cm³/mol. The van der Waals surface area contributed by atoms with Gasteiger partial charge in [-0.1, -0.05) is 55.3 Å². The Hall–Kier alpha value is -3.73. The third-order valence-electron chi connectivity index (χ3n) is 8.01. The minimum Gasteiger partial charge on any atom is -0.494 e. The van der Waals surface area contributed by atoms with Crippen molar-refractivity contribution >= 4 is 11.4 Å². The van der Waals surface area contributed by atoms with Crippen molar-refractivity contribution in [3.05, 3.63) is 89.1 Å². The second kappa shape index (κ2) is 9.97. The summed E-state index contributed by atoms with van der Waals surface area (Å²) in [5, 5.41) is 8.95. The first-order valence-electron chi connectivity index (χ1n) is 13.5. The fourth-order valence-electron chi connectivity index (χ4n) is 6.05. The lowest BCUT2D eigenvalue weighted by molar-refractivity contribution is 0.411. The fourth-order valence-corrected chi connectivity index (χ4v) is 6.05. The molecule has 0 unspecified atom stereocenters. The molecule has 190 valence electrons. The highest BCUT2D eigenvalue weighted by atomic mass is 16.5. The fraction of sp³-hybridized carbons (Fsp3) is 0.344. The van der Waals surface area contributed by atoms with Gasteiger partial charge < -0.3 is 15.0 Å². The van der Waals surface area contributed by atoms with E-state index < -0.39 is 0 Å². The van der Waals surface area contributed by atoms with Gasteiger partial charge in [0.15, 0.2) is 0 Å². The molecular formula is C32H36N4O. The number of fused-ring (bicyclic) bond motifs is 1. The molecule has 5 nitrogen and oxygen atoms in total. The summed E-state index contributed by atoms with van der Waals surface area (Å²) in [5.74, 6) is 0.844. The van der Waals surface area contributed by atoms with Crippen molar-refractivity contribution in [2.75, 3.05) is 23.9 Å². The monoisotopic (exact) mass is 492 g/mol. The Labute approximate surface area is 220 Å². The molecule has 2 aliphatic rings. The summed E-state index contributed by atoms with van der Waals surface area (Å²) in [6.45, 7) is 6.13. The van der Waals surface area contributed by atoms with Gasteiger partial charge in [-0.3, -0.25) is 0 Å². The molecule has 0 spiro atoms. The number of aromatic nitrogens is 2. The lowest BCUT2D eigenvalue weighted by Crippen LogP contribution is -2.30. The standard InChI is InChI=1S/C32H36N4O/c1-22-9-4-7-13-29(22)35-20-19-28-27(21-35)32(36(34-28)31-23(2)10-8-14-30(31)37-3)24-15-17-26(18-16-24)33-25-11-5-6-12-25/h4,7-10,13-18,25,33H,5-6,11-12,19-21H2,1-3H3. The van der Waals surface area contributed by atoms with Gasteiger partial charge >= 0.3 is 0 Å². The highest BCUT2D eigenvalue weighted by Gasteiger charge is 2.28. The van der Waals surface area contributed by atoms with Gasteiger partial charge in [0.2, 0.25) is 0 Å². The van der Waals surface area contributed by atoms with E-state index in [9.17, 15) is 0 Å². The van der Waals surface area contributed by atoms with Crippen LogP contribution in [0, 0.1) is 13.8 Å². The maximum absolute atomic E-state index is 5.82. The van der Waals surface area contributed by atoms with Crippen molar-refractivity contribution < 1.29 is 4.74 Å². The molecule has 1 aliphatic heterocycles. The molecule has 1 aliphatic carbocycles. The van der Waals surface area contributed by atoms with Crippen molar-refractivity contribution in [3.8, 4) is 22.7 Å². The van der Waals surface area contributed by atoms with Crippen LogP contribution in [0.1, 0.15) is 48.1 Å². The van der Waals surface area contributed by atoms with E-state index >= 15 is 0 Å². The molecule has 5 heteroatoms. The van der Waals surface area contributed by atoms with Gasteiger partial charge in [0.25, 0.3) is 0 Å². The summed E-state index contributed by atoms with van der Waals surface area (Å²) in [6.07, 6.45) is 6.11. The summed E-state index contributed by atoms with van der Waals surface area (Å²) in [4.78, 5) is 2.50. The molecule has 37 heavy (non-hydrogen) atoms. The van der Waals surface area contributed by atoms with E-state index in [4.69, 9.17) is 9.84 Å². The van der Waals surface area contributed by atoms with E-state index in [2.05, 4.69) is 83.3 Å². The molecule has 6 rings (SSSR count). The highest BCUT2D eigenvalue weighted by molar-refractivity contribution is 5.72.